The highest BCUT2D eigenvalue weighted by molar-refractivity contribution is 5.49. The number of hydrogen-bond acceptors (Lipinski definition) is 3. The number of nitrogens with zero attached hydrogens (tertiary/aromatic N) is 1. The molecule has 0 saturated carbocycles. The van der Waals surface area contributed by atoms with Gasteiger partial charge in [-0.1, -0.05) is 45.1 Å². The second kappa shape index (κ2) is 10.2. The van der Waals surface area contributed by atoms with Crippen LogP contribution in [0.3, 0.4) is 0 Å². The van der Waals surface area contributed by atoms with Crippen LogP contribution in [0.1, 0.15) is 63.5 Å². The predicted molar refractivity (Wildman–Crippen MR) is 94.7 cm³/mol. The number of ether oxygens (including phenoxy) is 1. The molecule has 0 fully saturated rings. The summed E-state index contributed by atoms with van der Waals surface area (Å²) in [5, 5.41) is 18.5. The first-order chi connectivity index (χ1) is 11.0. The molecule has 0 saturated heterocycles. The Bertz CT molecular complexity index is 519. The number of phenolic OH excluding ortho intramolecular Hbond substituents is 1. The van der Waals surface area contributed by atoms with E-state index in [2.05, 4.69) is 13.0 Å². The molecule has 3 heteroatoms. The second-order valence-corrected chi connectivity index (χ2v) is 6.73. The first kappa shape index (κ1) is 19.4. The molecule has 0 aliphatic rings. The predicted octanol–water partition coefficient (Wildman–Crippen LogP) is 5.39. The number of methoxy groups -OCH3 is 1. The van der Waals surface area contributed by atoms with Gasteiger partial charge in [0.1, 0.15) is 0 Å². The van der Waals surface area contributed by atoms with Crippen molar-refractivity contribution >= 4 is 0 Å². The van der Waals surface area contributed by atoms with Gasteiger partial charge in [0, 0.05) is 5.92 Å². The van der Waals surface area contributed by atoms with Gasteiger partial charge in [-0.05, 0) is 49.8 Å². The lowest BCUT2D eigenvalue weighted by atomic mass is 9.92. The summed E-state index contributed by atoms with van der Waals surface area (Å²) in [5.41, 5.74) is 2.31. The average Bonchev–Trinajstić information content (AvgIpc) is 2.53. The normalized spacial score (nSPS) is 13.3. The van der Waals surface area contributed by atoms with Gasteiger partial charge in [0.15, 0.2) is 11.5 Å². The maximum atomic E-state index is 9.79. The summed E-state index contributed by atoms with van der Waals surface area (Å²) in [5.74, 6) is 1.64. The molecule has 0 aliphatic heterocycles. The molecule has 0 amide bonds. The van der Waals surface area contributed by atoms with Crippen molar-refractivity contribution in [3.05, 3.63) is 23.3 Å². The molecule has 1 aromatic carbocycles. The van der Waals surface area contributed by atoms with Crippen LogP contribution in [0.15, 0.2) is 12.1 Å². The van der Waals surface area contributed by atoms with E-state index in [-0.39, 0.29) is 11.7 Å². The maximum Gasteiger partial charge on any atom is 0.163 e. The zero-order valence-corrected chi connectivity index (χ0v) is 15.1. The molecule has 0 bridgehead atoms. The van der Waals surface area contributed by atoms with Crippen LogP contribution in [0.5, 0.6) is 11.5 Å². The fourth-order valence-electron chi connectivity index (χ4n) is 3.04. The van der Waals surface area contributed by atoms with Gasteiger partial charge < -0.3 is 9.84 Å². The molecule has 0 aliphatic carbocycles. The van der Waals surface area contributed by atoms with Crippen molar-refractivity contribution in [2.24, 2.45) is 11.8 Å². The summed E-state index contributed by atoms with van der Waals surface area (Å²) < 4.78 is 5.28. The van der Waals surface area contributed by atoms with Crippen LogP contribution in [0, 0.1) is 30.1 Å². The summed E-state index contributed by atoms with van der Waals surface area (Å²) in [6.07, 6.45) is 8.15. The number of benzene rings is 1. The lowest BCUT2D eigenvalue weighted by Crippen LogP contribution is -2.03. The molecule has 2 atom stereocenters. The molecule has 0 aromatic heterocycles. The Morgan fingerprint density at radius 3 is 2.39 bits per heavy atom. The maximum absolute atomic E-state index is 9.79. The van der Waals surface area contributed by atoms with Gasteiger partial charge >= 0.3 is 0 Å². The van der Waals surface area contributed by atoms with Crippen molar-refractivity contribution < 1.29 is 9.84 Å². The smallest absolute Gasteiger partial charge is 0.163 e. The fourth-order valence-corrected chi connectivity index (χ4v) is 3.04. The van der Waals surface area contributed by atoms with E-state index in [0.29, 0.717) is 11.7 Å². The standard InChI is InChI=1S/C20H31NO2/c1-15(9-7-5-6-8-10-16(2)14-21)13-18-11-12-19(22)20(23-4)17(18)3/h11-12,15-16,22H,5-10,13H2,1-4H3. The third-order valence-corrected chi connectivity index (χ3v) is 4.57. The lowest BCUT2D eigenvalue weighted by molar-refractivity contribution is 0.369. The Morgan fingerprint density at radius 2 is 1.78 bits per heavy atom. The van der Waals surface area contributed by atoms with Gasteiger partial charge in [-0.2, -0.15) is 5.26 Å². The molecule has 23 heavy (non-hydrogen) atoms. The van der Waals surface area contributed by atoms with Gasteiger partial charge in [0.2, 0.25) is 0 Å². The van der Waals surface area contributed by atoms with E-state index in [1.807, 2.05) is 19.9 Å². The highest BCUT2D eigenvalue weighted by Crippen LogP contribution is 2.33. The zero-order valence-electron chi connectivity index (χ0n) is 15.1. The molecule has 128 valence electrons. The number of aromatic hydroxyl groups is 1. The summed E-state index contributed by atoms with van der Waals surface area (Å²) in [4.78, 5) is 0. The Labute approximate surface area is 141 Å². The first-order valence-corrected chi connectivity index (χ1v) is 8.74. The Kier molecular flexibility index (Phi) is 8.55. The van der Waals surface area contributed by atoms with Crippen molar-refractivity contribution in [1.82, 2.24) is 0 Å². The topological polar surface area (TPSA) is 53.2 Å². The van der Waals surface area contributed by atoms with E-state index in [0.717, 1.165) is 24.8 Å². The van der Waals surface area contributed by atoms with Gasteiger partial charge in [0.05, 0.1) is 13.2 Å². The average molecular weight is 317 g/mol. The van der Waals surface area contributed by atoms with Crippen LogP contribution in [-0.2, 0) is 6.42 Å². The number of unbranched alkanes of at least 4 members (excludes halogenated alkanes) is 3. The van der Waals surface area contributed by atoms with Crippen molar-refractivity contribution in [2.45, 2.75) is 65.7 Å². The van der Waals surface area contributed by atoms with Gasteiger partial charge in [0.25, 0.3) is 0 Å². The highest BCUT2D eigenvalue weighted by Gasteiger charge is 2.12. The summed E-state index contributed by atoms with van der Waals surface area (Å²) in [6, 6.07) is 6.03. The molecule has 0 radical (unpaired) electrons. The van der Waals surface area contributed by atoms with E-state index in [1.165, 1.54) is 31.2 Å². The molecule has 2 unspecified atom stereocenters. The Morgan fingerprint density at radius 1 is 1.13 bits per heavy atom. The van der Waals surface area contributed by atoms with E-state index >= 15 is 0 Å². The van der Waals surface area contributed by atoms with E-state index in [1.54, 1.807) is 13.2 Å². The third kappa shape index (κ3) is 6.52. The molecule has 1 rings (SSSR count). The molecular weight excluding hydrogens is 286 g/mol. The first-order valence-electron chi connectivity index (χ1n) is 8.74. The molecule has 0 spiro atoms. The van der Waals surface area contributed by atoms with Crippen molar-refractivity contribution in [2.75, 3.05) is 7.11 Å². The van der Waals surface area contributed by atoms with Crippen LogP contribution < -0.4 is 4.74 Å². The van der Waals surface area contributed by atoms with Crippen LogP contribution in [0.4, 0.5) is 0 Å². The second-order valence-electron chi connectivity index (χ2n) is 6.73. The number of nitriles is 1. The SMILES string of the molecule is COc1c(O)ccc(CC(C)CCCCCCC(C)C#N)c1C. The van der Waals surface area contributed by atoms with Crippen molar-refractivity contribution in [3.63, 3.8) is 0 Å². The van der Waals surface area contributed by atoms with Crippen LogP contribution in [-0.4, -0.2) is 12.2 Å². The third-order valence-electron chi connectivity index (χ3n) is 4.57. The minimum atomic E-state index is 0.196. The lowest BCUT2D eigenvalue weighted by Gasteiger charge is -2.16. The van der Waals surface area contributed by atoms with Crippen LogP contribution in [0.2, 0.25) is 0 Å². The number of hydrogen-bond donors (Lipinski definition) is 1. The van der Waals surface area contributed by atoms with E-state index < -0.39 is 0 Å². The summed E-state index contributed by atoms with van der Waals surface area (Å²) in [7, 11) is 1.60. The largest absolute Gasteiger partial charge is 0.504 e. The van der Waals surface area contributed by atoms with Crippen molar-refractivity contribution in [3.8, 4) is 17.6 Å². The van der Waals surface area contributed by atoms with Crippen LogP contribution in [0.25, 0.3) is 0 Å². The quantitative estimate of drug-likeness (QED) is 0.589. The monoisotopic (exact) mass is 317 g/mol. The Balaban J connectivity index is 2.32. The summed E-state index contributed by atoms with van der Waals surface area (Å²) >= 11 is 0. The minimum Gasteiger partial charge on any atom is -0.504 e. The Hall–Kier alpha value is -1.69. The van der Waals surface area contributed by atoms with Gasteiger partial charge in [-0.3, -0.25) is 0 Å². The molecular formula is C20H31NO2. The van der Waals surface area contributed by atoms with Crippen LogP contribution >= 0.6 is 0 Å². The van der Waals surface area contributed by atoms with E-state index in [9.17, 15) is 5.11 Å². The van der Waals surface area contributed by atoms with Crippen molar-refractivity contribution in [1.29, 1.82) is 5.26 Å². The number of rotatable bonds is 10. The highest BCUT2D eigenvalue weighted by atomic mass is 16.5. The fraction of sp³-hybridized carbons (Fsp3) is 0.650. The molecule has 3 nitrogen and oxygen atoms in total. The summed E-state index contributed by atoms with van der Waals surface area (Å²) in [6.45, 7) is 6.30. The van der Waals surface area contributed by atoms with Gasteiger partial charge in [-0.15, -0.1) is 0 Å². The van der Waals surface area contributed by atoms with Gasteiger partial charge in [-0.25, -0.2) is 0 Å². The minimum absolute atomic E-state index is 0.196. The zero-order chi connectivity index (χ0) is 17.2. The molecule has 1 aromatic rings. The molecule has 0 heterocycles. The van der Waals surface area contributed by atoms with E-state index in [4.69, 9.17) is 10.00 Å². The number of phenols is 1. The molecule has 1 N–H and O–H groups in total.